The van der Waals surface area contributed by atoms with E-state index in [2.05, 4.69) is 15.0 Å². The van der Waals surface area contributed by atoms with E-state index in [1.54, 1.807) is 0 Å². The Kier molecular flexibility index (Phi) is 3.70. The molecule has 124 valence electrons. The summed E-state index contributed by atoms with van der Waals surface area (Å²) in [7, 11) is -3.31. The molecule has 23 heavy (non-hydrogen) atoms. The van der Waals surface area contributed by atoms with Gasteiger partial charge in [-0.3, -0.25) is 18.9 Å². The first-order valence-corrected chi connectivity index (χ1v) is 8.69. The molecule has 11 nitrogen and oxygen atoms in total. The summed E-state index contributed by atoms with van der Waals surface area (Å²) in [5.41, 5.74) is 6.26. The van der Waals surface area contributed by atoms with Gasteiger partial charge >= 0.3 is 13.3 Å². The van der Waals surface area contributed by atoms with Crippen LogP contribution in [0.3, 0.4) is 0 Å². The smallest absolute Gasteiger partial charge is 0.330 e. The van der Waals surface area contributed by atoms with Gasteiger partial charge in [0.15, 0.2) is 6.23 Å². The average Bonchev–Trinajstić information content (AvgIpc) is 2.72. The molecule has 0 saturated carbocycles. The number of aromatic amines is 1. The molecule has 1 aromatic rings. The van der Waals surface area contributed by atoms with Crippen LogP contribution in [-0.4, -0.2) is 40.6 Å². The molecule has 1 aromatic heterocycles. The van der Waals surface area contributed by atoms with E-state index in [0.717, 1.165) is 10.6 Å². The van der Waals surface area contributed by atoms with Crippen LogP contribution in [0.4, 0.5) is 0 Å². The third-order valence-corrected chi connectivity index (χ3v) is 5.09. The maximum absolute atomic E-state index is 12.1. The molecule has 1 N–H and O–H groups in total. The zero-order valence-electron chi connectivity index (χ0n) is 12.3. The molecule has 0 bridgehead atoms. The van der Waals surface area contributed by atoms with E-state index in [1.165, 1.54) is 19.8 Å². The van der Waals surface area contributed by atoms with Crippen molar-refractivity contribution < 1.29 is 18.3 Å². The van der Waals surface area contributed by atoms with Gasteiger partial charge in [0.2, 0.25) is 0 Å². The minimum atomic E-state index is -3.31. The lowest BCUT2D eigenvalue weighted by Crippen LogP contribution is -2.47. The summed E-state index contributed by atoms with van der Waals surface area (Å²) in [6.07, 6.45) is -1.33. The molecule has 12 heteroatoms. The van der Waals surface area contributed by atoms with Crippen molar-refractivity contribution in [2.75, 3.05) is 13.3 Å². The van der Waals surface area contributed by atoms with Gasteiger partial charge in [-0.2, -0.15) is 0 Å². The number of hydrogen-bond acceptors (Lipinski definition) is 7. The molecule has 0 aromatic carbocycles. The number of nitrogens with zero attached hydrogens (tertiary/aromatic N) is 4. The summed E-state index contributed by atoms with van der Waals surface area (Å²) in [6, 6.07) is 1.14. The molecule has 3 heterocycles. The van der Waals surface area contributed by atoms with Crippen molar-refractivity contribution in [2.45, 2.75) is 30.9 Å². The van der Waals surface area contributed by atoms with Crippen LogP contribution < -0.4 is 11.2 Å². The fourth-order valence-electron chi connectivity index (χ4n) is 2.80. The maximum atomic E-state index is 12.1. The van der Waals surface area contributed by atoms with Crippen LogP contribution in [0, 0.1) is 0 Å². The fourth-order valence-corrected chi connectivity index (χ4v) is 4.04. The van der Waals surface area contributed by atoms with Gasteiger partial charge in [0, 0.05) is 23.8 Å². The van der Waals surface area contributed by atoms with Crippen LogP contribution in [0.2, 0.25) is 0 Å². The highest BCUT2D eigenvalue weighted by Crippen LogP contribution is 2.56. The molecule has 2 fully saturated rings. The van der Waals surface area contributed by atoms with Crippen molar-refractivity contribution >= 4 is 7.60 Å². The van der Waals surface area contributed by atoms with E-state index < -0.39 is 42.8 Å². The van der Waals surface area contributed by atoms with Crippen LogP contribution in [0.25, 0.3) is 10.4 Å². The molecule has 0 unspecified atom stereocenters. The van der Waals surface area contributed by atoms with Crippen LogP contribution in [-0.2, 0) is 18.3 Å². The highest BCUT2D eigenvalue weighted by atomic mass is 31.2. The molecule has 2 aliphatic rings. The van der Waals surface area contributed by atoms with Gasteiger partial charge in [-0.25, -0.2) is 4.79 Å². The monoisotopic (exact) mass is 343 g/mol. The number of azide groups is 1. The lowest BCUT2D eigenvalue weighted by Gasteiger charge is -2.35. The lowest BCUT2D eigenvalue weighted by atomic mass is 9.93. The first-order chi connectivity index (χ1) is 10.8. The van der Waals surface area contributed by atoms with Crippen molar-refractivity contribution in [1.82, 2.24) is 9.55 Å². The van der Waals surface area contributed by atoms with E-state index in [4.69, 9.17) is 19.3 Å². The van der Waals surface area contributed by atoms with Gasteiger partial charge in [0.1, 0.15) is 17.7 Å². The van der Waals surface area contributed by atoms with Gasteiger partial charge in [-0.15, -0.1) is 0 Å². The lowest BCUT2D eigenvalue weighted by molar-refractivity contribution is -0.0588. The average molecular weight is 343 g/mol. The van der Waals surface area contributed by atoms with Crippen LogP contribution in [0.15, 0.2) is 27.0 Å². The van der Waals surface area contributed by atoms with Crippen molar-refractivity contribution in [3.63, 3.8) is 0 Å². The summed E-state index contributed by atoms with van der Waals surface area (Å²) in [4.78, 5) is 28.1. The maximum Gasteiger partial charge on any atom is 0.330 e. The van der Waals surface area contributed by atoms with Crippen LogP contribution in [0.1, 0.15) is 13.2 Å². The van der Waals surface area contributed by atoms with Crippen molar-refractivity contribution in [3.8, 4) is 0 Å². The highest BCUT2D eigenvalue weighted by molar-refractivity contribution is 7.53. The Morgan fingerprint density at radius 2 is 2.30 bits per heavy atom. The number of ether oxygens (including phenoxy) is 1. The van der Waals surface area contributed by atoms with Gasteiger partial charge in [0.25, 0.3) is 5.56 Å². The fraction of sp³-hybridized carbons (Fsp3) is 0.636. The van der Waals surface area contributed by atoms with E-state index in [-0.39, 0.29) is 6.61 Å². The largest absolute Gasteiger partial charge is 0.349 e. The number of rotatable bonds is 2. The van der Waals surface area contributed by atoms with E-state index in [0.29, 0.717) is 0 Å². The highest BCUT2D eigenvalue weighted by Gasteiger charge is 2.59. The van der Waals surface area contributed by atoms with E-state index in [1.807, 2.05) is 0 Å². The Bertz CT molecular complexity index is 844. The molecule has 0 aliphatic carbocycles. The van der Waals surface area contributed by atoms with Gasteiger partial charge in [0.05, 0.1) is 6.61 Å². The number of H-pyrrole nitrogens is 1. The van der Waals surface area contributed by atoms with Crippen LogP contribution >= 0.6 is 7.60 Å². The molecule has 2 aliphatic heterocycles. The summed E-state index contributed by atoms with van der Waals surface area (Å²) in [5.74, 6) is 0. The third-order valence-electron chi connectivity index (χ3n) is 3.86. The zero-order valence-corrected chi connectivity index (χ0v) is 13.2. The van der Waals surface area contributed by atoms with Gasteiger partial charge in [-0.1, -0.05) is 5.11 Å². The minimum absolute atomic E-state index is 0.0242. The molecular formula is C11H14N5O6P. The van der Waals surface area contributed by atoms with Crippen molar-refractivity contribution in [1.29, 1.82) is 0 Å². The molecule has 3 rings (SSSR count). The van der Waals surface area contributed by atoms with E-state index in [9.17, 15) is 14.2 Å². The molecule has 0 radical (unpaired) electrons. The first kappa shape index (κ1) is 16.0. The summed E-state index contributed by atoms with van der Waals surface area (Å²) < 4.78 is 29.5. The topological polar surface area (TPSA) is 148 Å². The number of aromatic nitrogens is 2. The quantitative estimate of drug-likeness (QED) is 0.362. The van der Waals surface area contributed by atoms with E-state index >= 15 is 0 Å². The molecule has 0 amide bonds. The molecule has 5 atom stereocenters. The normalized spacial score (nSPS) is 39.5. The van der Waals surface area contributed by atoms with Gasteiger partial charge in [-0.05, 0) is 12.5 Å². The van der Waals surface area contributed by atoms with Crippen LogP contribution in [0.5, 0.6) is 0 Å². The Morgan fingerprint density at radius 3 is 2.96 bits per heavy atom. The Balaban J connectivity index is 2.10. The van der Waals surface area contributed by atoms with Crippen molar-refractivity contribution in [3.05, 3.63) is 43.5 Å². The SMILES string of the molecule is C[C@@]1(N=[N+]=[N-])[C@@H]2O[P@@](C)(=O)OC[C@H]2O[C@H]1n1ccc(=O)[nH]c1=O. The third kappa shape index (κ3) is 2.62. The second-order valence-electron chi connectivity index (χ2n) is 5.55. The predicted octanol–water partition coefficient (Wildman–Crippen LogP) is 0.741. The molecule has 0 spiro atoms. The first-order valence-electron chi connectivity index (χ1n) is 6.70. The number of nitrogens with one attached hydrogen (secondary N) is 1. The number of fused-ring (bicyclic) bond motifs is 1. The predicted molar refractivity (Wildman–Crippen MR) is 77.1 cm³/mol. The summed E-state index contributed by atoms with van der Waals surface area (Å²) >= 11 is 0. The Hall–Kier alpha value is -1.90. The van der Waals surface area contributed by atoms with Gasteiger partial charge < -0.3 is 13.8 Å². The second kappa shape index (κ2) is 5.33. The second-order valence-corrected chi connectivity index (χ2v) is 7.56. The Labute approximate surface area is 129 Å². The standard InChI is InChI=1S/C11H14N5O6P/c1-11(14-15-12)8-6(5-20-23(2,19)22-8)21-9(11)16-4-3-7(17)13-10(16)18/h3-4,6,8-9H,5H2,1-2H3,(H,13,17,18)/t6-,8-,9-,11-,23+/m1/s1. The minimum Gasteiger partial charge on any atom is -0.349 e. The Morgan fingerprint density at radius 1 is 1.57 bits per heavy atom. The number of hydrogen-bond donors (Lipinski definition) is 1. The zero-order chi connectivity index (χ0) is 16.8. The summed E-state index contributed by atoms with van der Waals surface area (Å²) in [5, 5.41) is 3.73. The summed E-state index contributed by atoms with van der Waals surface area (Å²) in [6.45, 7) is 2.81. The molecular weight excluding hydrogens is 329 g/mol. The van der Waals surface area contributed by atoms with Crippen molar-refractivity contribution in [2.24, 2.45) is 5.11 Å². The molecule has 2 saturated heterocycles.